The Kier molecular flexibility index (Phi) is 4.01. The Hall–Kier alpha value is -1.25. The van der Waals surface area contributed by atoms with E-state index in [4.69, 9.17) is 16.6 Å². The number of halogens is 2. The summed E-state index contributed by atoms with van der Waals surface area (Å²) >= 11 is 10.2. The Morgan fingerprint density at radius 1 is 1.17 bits per heavy atom. The molecule has 0 bridgehead atoms. The Bertz CT molecular complexity index is 971. The van der Waals surface area contributed by atoms with Crippen LogP contribution in [0.4, 0.5) is 0 Å². The summed E-state index contributed by atoms with van der Waals surface area (Å²) in [6.45, 7) is 6.20. The summed E-state index contributed by atoms with van der Waals surface area (Å²) in [5.41, 5.74) is 4.48. The third kappa shape index (κ3) is 2.43. The lowest BCUT2D eigenvalue weighted by molar-refractivity contribution is 0.724. The minimum absolute atomic E-state index is 0.0615. The van der Waals surface area contributed by atoms with Crippen LogP contribution in [0.15, 0.2) is 29.3 Å². The van der Waals surface area contributed by atoms with Crippen LogP contribution < -0.4 is 0 Å². The normalized spacial score (nSPS) is 16.4. The van der Waals surface area contributed by atoms with E-state index in [0.717, 1.165) is 32.9 Å². The molecule has 4 rings (SSSR count). The lowest BCUT2D eigenvalue weighted by atomic mass is 10.0. The fourth-order valence-corrected chi connectivity index (χ4v) is 5.07. The average Bonchev–Trinajstić information content (AvgIpc) is 3.03. The van der Waals surface area contributed by atoms with Crippen molar-refractivity contribution in [3.63, 3.8) is 0 Å². The first-order chi connectivity index (χ1) is 11.5. The van der Waals surface area contributed by atoms with Crippen molar-refractivity contribution in [3.8, 4) is 5.00 Å². The topological polar surface area (TPSA) is 43.1 Å². The molecule has 24 heavy (non-hydrogen) atoms. The SMILES string of the molecule is Cc1c(I)sc2c1C(c1ccc(Cl)cc1)=N[C@@H](C)c1nnc(C)n1-2. The van der Waals surface area contributed by atoms with Crippen LogP contribution in [0, 0.1) is 16.7 Å². The summed E-state index contributed by atoms with van der Waals surface area (Å²) in [6, 6.07) is 7.81. The van der Waals surface area contributed by atoms with Gasteiger partial charge < -0.3 is 0 Å². The van der Waals surface area contributed by atoms with Gasteiger partial charge in [0.15, 0.2) is 5.82 Å². The van der Waals surface area contributed by atoms with Gasteiger partial charge in [-0.2, -0.15) is 0 Å². The number of nitrogens with zero attached hydrogens (tertiary/aromatic N) is 4. The van der Waals surface area contributed by atoms with Crippen LogP contribution >= 0.6 is 45.5 Å². The molecule has 0 aliphatic carbocycles. The molecule has 1 atom stereocenters. The summed E-state index contributed by atoms with van der Waals surface area (Å²) < 4.78 is 3.40. The maximum atomic E-state index is 6.06. The molecule has 3 aromatic rings. The second-order valence-corrected chi connectivity index (χ2v) is 9.03. The summed E-state index contributed by atoms with van der Waals surface area (Å²) in [5.74, 6) is 1.78. The van der Waals surface area contributed by atoms with Crippen molar-refractivity contribution in [2.75, 3.05) is 0 Å². The maximum Gasteiger partial charge on any atom is 0.162 e. The van der Waals surface area contributed by atoms with Crippen molar-refractivity contribution in [2.24, 2.45) is 4.99 Å². The first-order valence-electron chi connectivity index (χ1n) is 7.52. The number of fused-ring (bicyclic) bond motifs is 3. The third-order valence-electron chi connectivity index (χ3n) is 4.17. The van der Waals surface area contributed by atoms with E-state index in [-0.39, 0.29) is 6.04 Å². The van der Waals surface area contributed by atoms with Crippen LogP contribution in [0.3, 0.4) is 0 Å². The first-order valence-corrected chi connectivity index (χ1v) is 9.80. The fourth-order valence-electron chi connectivity index (χ4n) is 2.95. The van der Waals surface area contributed by atoms with E-state index in [1.807, 2.05) is 31.2 Å². The highest BCUT2D eigenvalue weighted by molar-refractivity contribution is 14.1. The number of hydrogen-bond acceptors (Lipinski definition) is 4. The van der Waals surface area contributed by atoms with Crippen molar-refractivity contribution >= 4 is 51.2 Å². The zero-order chi connectivity index (χ0) is 17.0. The number of benzene rings is 1. The summed E-state index contributed by atoms with van der Waals surface area (Å²) in [6.07, 6.45) is 0. The molecule has 4 nitrogen and oxygen atoms in total. The van der Waals surface area contributed by atoms with Gasteiger partial charge in [0, 0.05) is 16.1 Å². The molecular weight excluding hydrogens is 455 g/mol. The predicted octanol–water partition coefficient (Wildman–Crippen LogP) is 5.12. The standard InChI is InChI=1S/C17H14ClIN4S/c1-8-13-14(11-4-6-12(18)7-5-11)20-9(2)16-22-21-10(3)23(16)17(13)24-15(8)19/h4-7,9H,1-3H3/t9-/m0/s1. The van der Waals surface area contributed by atoms with E-state index in [0.29, 0.717) is 0 Å². The molecule has 0 unspecified atom stereocenters. The summed E-state index contributed by atoms with van der Waals surface area (Å²) in [4.78, 5) is 5.00. The van der Waals surface area contributed by atoms with Crippen LogP contribution in [0.5, 0.6) is 0 Å². The zero-order valence-electron chi connectivity index (χ0n) is 13.3. The monoisotopic (exact) mass is 468 g/mol. The molecule has 0 N–H and O–H groups in total. The van der Waals surface area contributed by atoms with Gasteiger partial charge in [0.1, 0.15) is 16.9 Å². The summed E-state index contributed by atoms with van der Waals surface area (Å²) in [5, 5.41) is 10.5. The van der Waals surface area contributed by atoms with E-state index in [9.17, 15) is 0 Å². The number of aryl methyl sites for hydroxylation is 1. The molecule has 7 heteroatoms. The molecule has 0 fully saturated rings. The van der Waals surface area contributed by atoms with Crippen molar-refractivity contribution in [2.45, 2.75) is 26.8 Å². The molecule has 2 aromatic heterocycles. The number of rotatable bonds is 1. The lowest BCUT2D eigenvalue weighted by Gasteiger charge is -2.09. The largest absolute Gasteiger partial charge is 0.273 e. The lowest BCUT2D eigenvalue weighted by Crippen LogP contribution is -2.07. The van der Waals surface area contributed by atoms with Gasteiger partial charge in [0.2, 0.25) is 0 Å². The van der Waals surface area contributed by atoms with Gasteiger partial charge in [-0.3, -0.25) is 9.56 Å². The highest BCUT2D eigenvalue weighted by atomic mass is 127. The molecule has 0 spiro atoms. The van der Waals surface area contributed by atoms with E-state index in [1.54, 1.807) is 11.3 Å². The zero-order valence-corrected chi connectivity index (χ0v) is 17.1. The first kappa shape index (κ1) is 16.2. The highest BCUT2D eigenvalue weighted by Gasteiger charge is 2.29. The quantitative estimate of drug-likeness (QED) is 0.466. The number of thiophene rings is 1. The fraction of sp³-hybridized carbons (Fsp3) is 0.235. The third-order valence-corrected chi connectivity index (χ3v) is 6.96. The molecule has 122 valence electrons. The van der Waals surface area contributed by atoms with E-state index in [2.05, 4.69) is 51.2 Å². The molecule has 3 heterocycles. The molecule has 1 aromatic carbocycles. The molecular formula is C17H14ClIN4S. The number of hydrogen-bond donors (Lipinski definition) is 0. The summed E-state index contributed by atoms with van der Waals surface area (Å²) in [7, 11) is 0. The Morgan fingerprint density at radius 2 is 1.88 bits per heavy atom. The molecule has 1 aliphatic rings. The highest BCUT2D eigenvalue weighted by Crippen LogP contribution is 2.39. The average molecular weight is 469 g/mol. The Labute approximate surface area is 162 Å². The maximum absolute atomic E-state index is 6.06. The second-order valence-electron chi connectivity index (χ2n) is 5.78. The minimum Gasteiger partial charge on any atom is -0.273 e. The van der Waals surface area contributed by atoms with Crippen molar-refractivity contribution < 1.29 is 0 Å². The van der Waals surface area contributed by atoms with E-state index < -0.39 is 0 Å². The molecule has 0 radical (unpaired) electrons. The van der Waals surface area contributed by atoms with Gasteiger partial charge in [-0.25, -0.2) is 0 Å². The second kappa shape index (κ2) is 5.93. The van der Waals surface area contributed by atoms with Gasteiger partial charge in [-0.1, -0.05) is 23.7 Å². The smallest absolute Gasteiger partial charge is 0.162 e. The van der Waals surface area contributed by atoms with Crippen molar-refractivity contribution in [3.05, 3.63) is 60.5 Å². The number of aromatic nitrogens is 3. The van der Waals surface area contributed by atoms with Crippen molar-refractivity contribution in [1.29, 1.82) is 0 Å². The molecule has 1 aliphatic heterocycles. The van der Waals surface area contributed by atoms with Gasteiger partial charge in [0.25, 0.3) is 0 Å². The van der Waals surface area contributed by atoms with Gasteiger partial charge in [-0.15, -0.1) is 21.5 Å². The molecule has 0 saturated heterocycles. The predicted molar refractivity (Wildman–Crippen MR) is 107 cm³/mol. The van der Waals surface area contributed by atoms with Crippen molar-refractivity contribution in [1.82, 2.24) is 14.8 Å². The minimum atomic E-state index is -0.0615. The Morgan fingerprint density at radius 3 is 2.58 bits per heavy atom. The molecule has 0 amide bonds. The van der Waals surface area contributed by atoms with Gasteiger partial charge in [0.05, 0.1) is 8.60 Å². The Balaban J connectivity index is 2.04. The van der Waals surface area contributed by atoms with Crippen LogP contribution in [-0.4, -0.2) is 20.5 Å². The van der Waals surface area contributed by atoms with E-state index in [1.165, 1.54) is 14.0 Å². The van der Waals surface area contributed by atoms with Crippen LogP contribution in [0.25, 0.3) is 5.00 Å². The number of aliphatic imine (C=N–C) groups is 1. The van der Waals surface area contributed by atoms with Crippen LogP contribution in [-0.2, 0) is 0 Å². The van der Waals surface area contributed by atoms with Crippen LogP contribution in [0.1, 0.15) is 41.3 Å². The van der Waals surface area contributed by atoms with Crippen LogP contribution in [0.2, 0.25) is 5.02 Å². The molecule has 0 saturated carbocycles. The van der Waals surface area contributed by atoms with E-state index >= 15 is 0 Å². The van der Waals surface area contributed by atoms with Gasteiger partial charge in [-0.05, 0) is 61.1 Å². The van der Waals surface area contributed by atoms with Gasteiger partial charge >= 0.3 is 0 Å².